The van der Waals surface area contributed by atoms with Gasteiger partial charge in [0.2, 0.25) is 17.7 Å². The van der Waals surface area contributed by atoms with E-state index < -0.39 is 17.6 Å². The lowest BCUT2D eigenvalue weighted by molar-refractivity contribution is -0.146. The summed E-state index contributed by atoms with van der Waals surface area (Å²) in [6.45, 7) is 3.77. The van der Waals surface area contributed by atoms with Gasteiger partial charge in [0.1, 0.15) is 12.1 Å². The highest BCUT2D eigenvalue weighted by Crippen LogP contribution is 2.22. The van der Waals surface area contributed by atoms with Gasteiger partial charge >= 0.3 is 0 Å². The Morgan fingerprint density at radius 2 is 1.55 bits per heavy atom. The zero-order chi connectivity index (χ0) is 29.3. The largest absolute Gasteiger partial charge is 0.357 e. The Hall–Kier alpha value is -3.75. The normalized spacial score (nSPS) is 13.1. The topological polar surface area (TPSA) is 95.7 Å². The molecule has 3 N–H and O–H groups in total. The number of nitrogens with two attached hydrogens (primary N) is 1. The summed E-state index contributed by atoms with van der Waals surface area (Å²) in [6, 6.07) is 20.4. The molecule has 7 nitrogen and oxygen atoms in total. The van der Waals surface area contributed by atoms with Crippen LogP contribution in [0.2, 0.25) is 0 Å². The Bertz CT molecular complexity index is 1280. The lowest BCUT2D eigenvalue weighted by atomic mass is 9.98. The SMILES string of the molecule is CNC(=O)[C@@H](Cc1cccs1)N(C)C(=O)[C@@H](Cc1ccc(-c2ccccc2)cc1)N(C)C(=O)/C=C/CC(C)(C)N. The number of carbonyl (C=O) groups is 3. The Labute approximate surface area is 241 Å². The minimum absolute atomic E-state index is 0.255. The van der Waals surface area contributed by atoms with Gasteiger partial charge in [-0.25, -0.2) is 0 Å². The standard InChI is InChI=1S/C32H40N4O3S/c1-32(2,33)19-9-14-29(37)35(4)28(21-23-15-17-25(18-16-23)24-11-7-6-8-12-24)31(39)36(5)27(30(38)34-3)22-26-13-10-20-40-26/h6-18,20,27-28H,19,21-22,33H2,1-5H3,(H,34,38)/b14-9+/t27-,28-/m1/s1. The quantitative estimate of drug-likeness (QED) is 0.323. The number of rotatable bonds is 12. The van der Waals surface area contributed by atoms with E-state index in [1.165, 1.54) is 27.2 Å². The molecule has 8 heteroatoms. The monoisotopic (exact) mass is 560 g/mol. The second-order valence-corrected chi connectivity index (χ2v) is 11.7. The van der Waals surface area contributed by atoms with Crippen LogP contribution in [0.25, 0.3) is 11.1 Å². The zero-order valence-corrected chi connectivity index (χ0v) is 24.8. The van der Waals surface area contributed by atoms with Gasteiger partial charge in [0.15, 0.2) is 0 Å². The van der Waals surface area contributed by atoms with Crippen molar-refractivity contribution in [3.05, 3.63) is 94.7 Å². The molecule has 0 spiro atoms. The second-order valence-electron chi connectivity index (χ2n) is 10.7. The summed E-state index contributed by atoms with van der Waals surface area (Å²) >= 11 is 1.54. The molecule has 0 saturated carbocycles. The van der Waals surface area contributed by atoms with Crippen LogP contribution >= 0.6 is 11.3 Å². The van der Waals surface area contributed by atoms with Crippen molar-refractivity contribution in [1.29, 1.82) is 0 Å². The summed E-state index contributed by atoms with van der Waals surface area (Å²) in [4.78, 5) is 44.0. The minimum Gasteiger partial charge on any atom is -0.357 e. The van der Waals surface area contributed by atoms with Crippen molar-refractivity contribution in [2.75, 3.05) is 21.1 Å². The van der Waals surface area contributed by atoms with E-state index in [-0.39, 0.29) is 17.7 Å². The van der Waals surface area contributed by atoms with Gasteiger partial charge < -0.3 is 20.9 Å². The molecule has 1 aromatic heterocycles. The van der Waals surface area contributed by atoms with Crippen molar-refractivity contribution in [2.24, 2.45) is 5.73 Å². The molecule has 0 aliphatic carbocycles. The van der Waals surface area contributed by atoms with Gasteiger partial charge in [-0.3, -0.25) is 14.4 Å². The second kappa shape index (κ2) is 14.1. The number of amides is 3. The lowest BCUT2D eigenvalue weighted by Crippen LogP contribution is -2.55. The first kappa shape index (κ1) is 30.8. The summed E-state index contributed by atoms with van der Waals surface area (Å²) in [5, 5.41) is 4.63. The van der Waals surface area contributed by atoms with Gasteiger partial charge in [-0.2, -0.15) is 0 Å². The number of nitrogens with zero attached hydrogens (tertiary/aromatic N) is 2. The van der Waals surface area contributed by atoms with E-state index in [0.29, 0.717) is 19.3 Å². The molecular formula is C32H40N4O3S. The molecule has 0 radical (unpaired) electrons. The predicted octanol–water partition coefficient (Wildman–Crippen LogP) is 4.28. The first-order valence-corrected chi connectivity index (χ1v) is 14.3. The summed E-state index contributed by atoms with van der Waals surface area (Å²) in [7, 11) is 4.82. The summed E-state index contributed by atoms with van der Waals surface area (Å²) in [5.41, 5.74) is 8.68. The number of hydrogen-bond acceptors (Lipinski definition) is 5. The molecule has 3 rings (SSSR count). The highest BCUT2D eigenvalue weighted by atomic mass is 32.1. The number of hydrogen-bond donors (Lipinski definition) is 2. The zero-order valence-electron chi connectivity index (χ0n) is 24.0. The molecule has 2 aromatic carbocycles. The average molecular weight is 561 g/mol. The number of carbonyl (C=O) groups excluding carboxylic acids is 3. The summed E-state index contributed by atoms with van der Waals surface area (Å²) < 4.78 is 0. The van der Waals surface area contributed by atoms with Crippen LogP contribution in [-0.4, -0.2) is 66.3 Å². The molecule has 2 atom stereocenters. The molecule has 0 fully saturated rings. The van der Waals surface area contributed by atoms with Gasteiger partial charge in [-0.15, -0.1) is 11.3 Å². The fraction of sp³-hybridized carbons (Fsp3) is 0.344. The van der Waals surface area contributed by atoms with Crippen LogP contribution in [-0.2, 0) is 27.2 Å². The predicted molar refractivity (Wildman–Crippen MR) is 163 cm³/mol. The van der Waals surface area contributed by atoms with Crippen LogP contribution in [0, 0.1) is 0 Å². The van der Waals surface area contributed by atoms with Crippen LogP contribution in [0.4, 0.5) is 0 Å². The number of thiophene rings is 1. The van der Waals surface area contributed by atoms with Gasteiger partial charge in [0, 0.05) is 44.4 Å². The van der Waals surface area contributed by atoms with E-state index in [4.69, 9.17) is 5.73 Å². The Balaban J connectivity index is 1.89. The molecule has 3 amide bonds. The smallest absolute Gasteiger partial charge is 0.246 e. The van der Waals surface area contributed by atoms with E-state index >= 15 is 0 Å². The highest BCUT2D eigenvalue weighted by molar-refractivity contribution is 7.09. The van der Waals surface area contributed by atoms with Crippen LogP contribution in [0.1, 0.15) is 30.7 Å². The molecule has 0 aliphatic rings. The van der Waals surface area contributed by atoms with E-state index in [9.17, 15) is 14.4 Å². The van der Waals surface area contributed by atoms with Crippen molar-refractivity contribution in [3.8, 4) is 11.1 Å². The van der Waals surface area contributed by atoms with Gasteiger partial charge in [0.05, 0.1) is 0 Å². The first-order valence-electron chi connectivity index (χ1n) is 13.4. The molecule has 40 heavy (non-hydrogen) atoms. The molecular weight excluding hydrogens is 520 g/mol. The summed E-state index contributed by atoms with van der Waals surface area (Å²) in [6.07, 6.45) is 4.42. The maximum atomic E-state index is 14.0. The molecule has 0 aliphatic heterocycles. The van der Waals surface area contributed by atoms with Crippen molar-refractivity contribution < 1.29 is 14.4 Å². The Morgan fingerprint density at radius 1 is 0.900 bits per heavy atom. The third-order valence-electron chi connectivity index (χ3n) is 6.83. The highest BCUT2D eigenvalue weighted by Gasteiger charge is 2.34. The van der Waals surface area contributed by atoms with Crippen LogP contribution < -0.4 is 11.1 Å². The van der Waals surface area contributed by atoms with Gasteiger partial charge in [-0.1, -0.05) is 66.7 Å². The van der Waals surface area contributed by atoms with Crippen molar-refractivity contribution in [1.82, 2.24) is 15.1 Å². The van der Waals surface area contributed by atoms with Crippen LogP contribution in [0.15, 0.2) is 84.3 Å². The van der Waals surface area contributed by atoms with E-state index in [0.717, 1.165) is 21.6 Å². The fourth-order valence-corrected chi connectivity index (χ4v) is 5.13. The molecule has 0 saturated heterocycles. The lowest BCUT2D eigenvalue weighted by Gasteiger charge is -2.34. The van der Waals surface area contributed by atoms with Gasteiger partial charge in [-0.05, 0) is 54.5 Å². The maximum absolute atomic E-state index is 14.0. The average Bonchev–Trinajstić information content (AvgIpc) is 3.46. The van der Waals surface area contributed by atoms with Crippen LogP contribution in [0.3, 0.4) is 0 Å². The third kappa shape index (κ3) is 8.63. The minimum atomic E-state index is -0.814. The van der Waals surface area contributed by atoms with Gasteiger partial charge in [0.25, 0.3) is 0 Å². The van der Waals surface area contributed by atoms with Crippen molar-refractivity contribution in [3.63, 3.8) is 0 Å². The molecule has 0 bridgehead atoms. The number of nitrogens with one attached hydrogen (secondary N) is 1. The van der Waals surface area contributed by atoms with Crippen LogP contribution in [0.5, 0.6) is 0 Å². The Kier molecular flexibility index (Phi) is 10.8. The summed E-state index contributed by atoms with van der Waals surface area (Å²) in [5.74, 6) is -0.860. The van der Waals surface area contributed by atoms with E-state index in [1.807, 2.05) is 86.0 Å². The molecule has 212 valence electrons. The van der Waals surface area contributed by atoms with E-state index in [1.54, 1.807) is 27.2 Å². The molecule has 3 aromatic rings. The van der Waals surface area contributed by atoms with Crippen molar-refractivity contribution in [2.45, 2.75) is 50.7 Å². The fourth-order valence-electron chi connectivity index (χ4n) is 4.39. The first-order chi connectivity index (χ1) is 19.0. The third-order valence-corrected chi connectivity index (χ3v) is 7.73. The number of benzene rings is 2. The molecule has 1 heterocycles. The number of likely N-dealkylation sites (N-methyl/N-ethyl adjacent to an activating group) is 3. The molecule has 0 unspecified atom stereocenters. The maximum Gasteiger partial charge on any atom is 0.246 e. The van der Waals surface area contributed by atoms with E-state index in [2.05, 4.69) is 5.32 Å². The van der Waals surface area contributed by atoms with Crippen molar-refractivity contribution >= 4 is 29.1 Å². The Morgan fingerprint density at radius 3 is 2.12 bits per heavy atom.